The largest absolute Gasteiger partial charge is 0.341 e. The van der Waals surface area contributed by atoms with Gasteiger partial charge in [-0.05, 0) is 38.1 Å². The van der Waals surface area contributed by atoms with E-state index in [2.05, 4.69) is 21.8 Å². The molecule has 0 saturated carbocycles. The monoisotopic (exact) mass is 238 g/mol. The summed E-state index contributed by atoms with van der Waals surface area (Å²) < 4.78 is 0. The highest BCUT2D eigenvalue weighted by molar-refractivity contribution is 5.87. The van der Waals surface area contributed by atoms with Crippen LogP contribution in [0.15, 0.2) is 9.98 Å². The summed E-state index contributed by atoms with van der Waals surface area (Å²) in [7, 11) is 1.82. The minimum atomic E-state index is 0.800. The van der Waals surface area contributed by atoms with Gasteiger partial charge in [-0.2, -0.15) is 0 Å². The molecule has 1 heterocycles. The van der Waals surface area contributed by atoms with Crippen LogP contribution in [-0.4, -0.2) is 43.8 Å². The number of hydrogen-bond donors (Lipinski definition) is 1. The van der Waals surface area contributed by atoms with Gasteiger partial charge in [0.2, 0.25) is 5.96 Å². The molecule has 98 valence electrons. The first-order valence-corrected chi connectivity index (χ1v) is 6.76. The fourth-order valence-electron chi connectivity index (χ4n) is 2.21. The van der Waals surface area contributed by atoms with Crippen molar-refractivity contribution in [2.75, 3.05) is 26.7 Å². The van der Waals surface area contributed by atoms with Gasteiger partial charge in [-0.1, -0.05) is 13.3 Å². The van der Waals surface area contributed by atoms with Gasteiger partial charge in [0.25, 0.3) is 0 Å². The summed E-state index contributed by atoms with van der Waals surface area (Å²) in [6, 6.07) is 0. The van der Waals surface area contributed by atoms with Crippen LogP contribution in [0.5, 0.6) is 0 Å². The number of piperidine rings is 1. The van der Waals surface area contributed by atoms with E-state index in [1.807, 2.05) is 13.3 Å². The molecular weight excluding hydrogens is 212 g/mol. The second-order valence-corrected chi connectivity index (χ2v) is 4.63. The Bertz CT molecular complexity index is 252. The Morgan fingerprint density at radius 3 is 2.65 bits per heavy atom. The molecule has 0 atom stereocenters. The van der Waals surface area contributed by atoms with Crippen molar-refractivity contribution in [3.05, 3.63) is 0 Å². The standard InChI is InChI=1S/C13H26N4/c1-3-4-9-16-13(15-2)17-10-6-12(5-8-14)7-11-17/h9,12H,3-8,10-11,14H2,1-2H3/b15-13+,16-9-. The molecule has 1 saturated heterocycles. The third kappa shape index (κ3) is 4.86. The summed E-state index contributed by atoms with van der Waals surface area (Å²) in [4.78, 5) is 11.0. The first-order valence-electron chi connectivity index (χ1n) is 6.76. The summed E-state index contributed by atoms with van der Waals surface area (Å²) in [5, 5.41) is 0. The average Bonchev–Trinajstić information content (AvgIpc) is 2.36. The van der Waals surface area contributed by atoms with Crippen LogP contribution in [0, 0.1) is 5.92 Å². The summed E-state index contributed by atoms with van der Waals surface area (Å²) in [5.41, 5.74) is 5.60. The minimum absolute atomic E-state index is 0.800. The van der Waals surface area contributed by atoms with Crippen LogP contribution in [0.25, 0.3) is 0 Å². The van der Waals surface area contributed by atoms with Crippen LogP contribution in [0.4, 0.5) is 0 Å². The maximum atomic E-state index is 5.60. The predicted molar refractivity (Wildman–Crippen MR) is 74.7 cm³/mol. The number of rotatable bonds is 4. The third-order valence-electron chi connectivity index (χ3n) is 3.30. The molecule has 0 bridgehead atoms. The molecule has 17 heavy (non-hydrogen) atoms. The van der Waals surface area contributed by atoms with Crippen molar-refractivity contribution in [1.82, 2.24) is 4.90 Å². The molecule has 0 spiro atoms. The summed E-state index contributed by atoms with van der Waals surface area (Å²) in [6.45, 7) is 5.11. The van der Waals surface area contributed by atoms with E-state index in [0.717, 1.165) is 50.8 Å². The van der Waals surface area contributed by atoms with E-state index in [4.69, 9.17) is 5.73 Å². The number of nitrogens with two attached hydrogens (primary N) is 1. The van der Waals surface area contributed by atoms with Gasteiger partial charge in [0.05, 0.1) is 0 Å². The number of guanidine groups is 1. The lowest BCUT2D eigenvalue weighted by atomic mass is 9.94. The van der Waals surface area contributed by atoms with Gasteiger partial charge in [-0.15, -0.1) is 0 Å². The Kier molecular flexibility index (Phi) is 6.86. The topological polar surface area (TPSA) is 54.0 Å². The molecule has 1 aliphatic rings. The molecule has 1 rings (SSSR count). The highest BCUT2D eigenvalue weighted by Gasteiger charge is 2.20. The van der Waals surface area contributed by atoms with Crippen LogP contribution >= 0.6 is 0 Å². The first-order chi connectivity index (χ1) is 8.31. The number of likely N-dealkylation sites (tertiary alicyclic amines) is 1. The quantitative estimate of drug-likeness (QED) is 0.601. The van der Waals surface area contributed by atoms with Gasteiger partial charge in [0.1, 0.15) is 0 Å². The number of unbranched alkanes of at least 4 members (excludes halogenated alkanes) is 1. The Labute approximate surface area is 105 Å². The van der Waals surface area contributed by atoms with E-state index in [1.165, 1.54) is 12.8 Å². The zero-order valence-corrected chi connectivity index (χ0v) is 11.2. The maximum absolute atomic E-state index is 5.60. The second-order valence-electron chi connectivity index (χ2n) is 4.63. The molecule has 4 nitrogen and oxygen atoms in total. The minimum Gasteiger partial charge on any atom is -0.341 e. The Hall–Kier alpha value is -0.900. The number of nitrogens with zero attached hydrogens (tertiary/aromatic N) is 3. The zero-order chi connectivity index (χ0) is 12.5. The molecule has 0 unspecified atom stereocenters. The molecule has 0 aromatic carbocycles. The molecule has 0 aromatic heterocycles. The van der Waals surface area contributed by atoms with E-state index in [0.29, 0.717) is 0 Å². The van der Waals surface area contributed by atoms with E-state index in [1.54, 1.807) is 0 Å². The molecule has 2 N–H and O–H groups in total. The lowest BCUT2D eigenvalue weighted by Crippen LogP contribution is -2.38. The van der Waals surface area contributed by atoms with Gasteiger partial charge in [0.15, 0.2) is 0 Å². The fraction of sp³-hybridized carbons (Fsp3) is 0.846. The predicted octanol–water partition coefficient (Wildman–Crippen LogP) is 1.90. The molecule has 0 aliphatic carbocycles. The van der Waals surface area contributed by atoms with Crippen LogP contribution in [-0.2, 0) is 0 Å². The summed E-state index contributed by atoms with van der Waals surface area (Å²) in [6.07, 6.45) is 7.75. The Balaban J connectivity index is 2.40. The molecule has 4 heteroatoms. The van der Waals surface area contributed by atoms with Gasteiger partial charge in [-0.3, -0.25) is 4.99 Å². The maximum Gasteiger partial charge on any atom is 0.219 e. The Morgan fingerprint density at radius 1 is 1.41 bits per heavy atom. The molecule has 0 radical (unpaired) electrons. The smallest absolute Gasteiger partial charge is 0.219 e. The third-order valence-corrected chi connectivity index (χ3v) is 3.30. The van der Waals surface area contributed by atoms with Gasteiger partial charge in [0, 0.05) is 26.4 Å². The number of hydrogen-bond acceptors (Lipinski definition) is 2. The van der Waals surface area contributed by atoms with Crippen molar-refractivity contribution in [3.63, 3.8) is 0 Å². The van der Waals surface area contributed by atoms with E-state index in [-0.39, 0.29) is 0 Å². The van der Waals surface area contributed by atoms with Crippen LogP contribution in [0.3, 0.4) is 0 Å². The number of aliphatic imine (C=N–C) groups is 2. The van der Waals surface area contributed by atoms with Gasteiger partial charge < -0.3 is 10.6 Å². The van der Waals surface area contributed by atoms with E-state index in [9.17, 15) is 0 Å². The molecule has 0 amide bonds. The fourth-order valence-corrected chi connectivity index (χ4v) is 2.21. The lowest BCUT2D eigenvalue weighted by molar-refractivity contribution is 0.256. The molecule has 1 aliphatic heterocycles. The first kappa shape index (κ1) is 14.2. The normalized spacial score (nSPS) is 19.2. The second kappa shape index (κ2) is 8.23. The zero-order valence-electron chi connectivity index (χ0n) is 11.2. The van der Waals surface area contributed by atoms with Crippen molar-refractivity contribution in [2.45, 2.75) is 39.0 Å². The SMILES string of the molecule is CCC/C=N\C(=N/C)N1CCC(CCN)CC1. The molecule has 1 fully saturated rings. The van der Waals surface area contributed by atoms with Crippen molar-refractivity contribution in [2.24, 2.45) is 21.6 Å². The highest BCUT2D eigenvalue weighted by atomic mass is 15.3. The summed E-state index contributed by atoms with van der Waals surface area (Å²) >= 11 is 0. The summed E-state index contributed by atoms with van der Waals surface area (Å²) in [5.74, 6) is 1.69. The van der Waals surface area contributed by atoms with Crippen molar-refractivity contribution < 1.29 is 0 Å². The van der Waals surface area contributed by atoms with Crippen LogP contribution in [0.1, 0.15) is 39.0 Å². The van der Waals surface area contributed by atoms with E-state index < -0.39 is 0 Å². The molecule has 0 aromatic rings. The van der Waals surface area contributed by atoms with Crippen LogP contribution < -0.4 is 5.73 Å². The van der Waals surface area contributed by atoms with Crippen molar-refractivity contribution >= 4 is 12.2 Å². The van der Waals surface area contributed by atoms with Crippen molar-refractivity contribution in [1.29, 1.82) is 0 Å². The van der Waals surface area contributed by atoms with Crippen molar-refractivity contribution in [3.8, 4) is 0 Å². The van der Waals surface area contributed by atoms with Gasteiger partial charge >= 0.3 is 0 Å². The van der Waals surface area contributed by atoms with Crippen LogP contribution in [0.2, 0.25) is 0 Å². The van der Waals surface area contributed by atoms with E-state index >= 15 is 0 Å². The lowest BCUT2D eigenvalue weighted by Gasteiger charge is -2.32. The highest BCUT2D eigenvalue weighted by Crippen LogP contribution is 2.20. The Morgan fingerprint density at radius 2 is 2.12 bits per heavy atom. The average molecular weight is 238 g/mol. The molecular formula is C13H26N4. The van der Waals surface area contributed by atoms with Gasteiger partial charge in [-0.25, -0.2) is 4.99 Å².